The number of fused-ring (bicyclic) bond motifs is 1. The molecule has 2 aliphatic heterocycles. The van der Waals surface area contributed by atoms with Gasteiger partial charge in [0.15, 0.2) is 0 Å². The second-order valence-electron chi connectivity index (χ2n) is 8.59. The highest BCUT2D eigenvalue weighted by Gasteiger charge is 2.39. The zero-order chi connectivity index (χ0) is 20.5. The Morgan fingerprint density at radius 2 is 2.00 bits per heavy atom. The number of hydrogen-bond donors (Lipinski definition) is 1. The fourth-order valence-electron chi connectivity index (χ4n) is 3.85. The molecule has 0 aliphatic carbocycles. The lowest BCUT2D eigenvalue weighted by Crippen LogP contribution is -2.52. The minimum atomic E-state index is -0.587. The minimum absolute atomic E-state index is 0.122. The smallest absolute Gasteiger partial charge is 0.255 e. The van der Waals surface area contributed by atoms with E-state index in [0.717, 1.165) is 30.6 Å². The van der Waals surface area contributed by atoms with E-state index >= 15 is 0 Å². The van der Waals surface area contributed by atoms with E-state index in [1.807, 2.05) is 12.1 Å². The van der Waals surface area contributed by atoms with Gasteiger partial charge in [-0.05, 0) is 48.4 Å². The van der Waals surface area contributed by atoms with E-state index in [-0.39, 0.29) is 35.7 Å². The van der Waals surface area contributed by atoms with Crippen molar-refractivity contribution in [3.05, 3.63) is 29.3 Å². The highest BCUT2D eigenvalue weighted by atomic mass is 16.5. The number of imide groups is 1. The lowest BCUT2D eigenvalue weighted by molar-refractivity contribution is -0.136. The van der Waals surface area contributed by atoms with E-state index in [1.165, 1.54) is 0 Å². The summed E-state index contributed by atoms with van der Waals surface area (Å²) < 4.78 is 6.22. The van der Waals surface area contributed by atoms with Gasteiger partial charge in [0.25, 0.3) is 5.91 Å². The standard InChI is InChI=1S/C22H30N2O4/c1-5-15(12-22(3,4)6-2)28-16-7-8-17-14(11-16)13-24(21(17)27)18-9-10-19(25)23-20(18)26/h7-8,11,15,18H,5-6,9-10,12-13H2,1-4H3,(H,23,25,26)/t15-,18?/m0/s1. The van der Waals surface area contributed by atoms with Crippen LogP contribution in [0.15, 0.2) is 18.2 Å². The Balaban J connectivity index is 1.72. The highest BCUT2D eigenvalue weighted by Crippen LogP contribution is 2.33. The molecule has 0 bridgehead atoms. The monoisotopic (exact) mass is 386 g/mol. The number of ether oxygens (including phenoxy) is 1. The van der Waals surface area contributed by atoms with Crippen LogP contribution in [0.2, 0.25) is 0 Å². The van der Waals surface area contributed by atoms with Crippen LogP contribution in [0.3, 0.4) is 0 Å². The predicted molar refractivity (Wildman–Crippen MR) is 106 cm³/mol. The lowest BCUT2D eigenvalue weighted by Gasteiger charge is -2.29. The van der Waals surface area contributed by atoms with Gasteiger partial charge in [0, 0.05) is 18.5 Å². The Labute approximate surface area is 166 Å². The van der Waals surface area contributed by atoms with Crippen LogP contribution in [-0.2, 0) is 16.1 Å². The fraction of sp³-hybridized carbons (Fsp3) is 0.591. The van der Waals surface area contributed by atoms with Crippen LogP contribution in [0, 0.1) is 5.41 Å². The summed E-state index contributed by atoms with van der Waals surface area (Å²) in [4.78, 5) is 37.9. The van der Waals surface area contributed by atoms with Gasteiger partial charge in [-0.3, -0.25) is 19.7 Å². The minimum Gasteiger partial charge on any atom is -0.490 e. The van der Waals surface area contributed by atoms with Crippen molar-refractivity contribution >= 4 is 17.7 Å². The van der Waals surface area contributed by atoms with Gasteiger partial charge >= 0.3 is 0 Å². The van der Waals surface area contributed by atoms with Crippen molar-refractivity contribution in [3.63, 3.8) is 0 Å². The van der Waals surface area contributed by atoms with Gasteiger partial charge in [0.1, 0.15) is 11.8 Å². The molecule has 0 radical (unpaired) electrons. The number of nitrogens with zero attached hydrogens (tertiary/aromatic N) is 1. The fourth-order valence-corrected chi connectivity index (χ4v) is 3.85. The van der Waals surface area contributed by atoms with Gasteiger partial charge < -0.3 is 9.64 Å². The SMILES string of the molecule is CC[C@@H](CC(C)(C)CC)Oc1ccc2c(c1)CN(C1CCC(=O)NC1=O)C2=O. The summed E-state index contributed by atoms with van der Waals surface area (Å²) in [6.45, 7) is 9.18. The van der Waals surface area contributed by atoms with Crippen molar-refractivity contribution in [3.8, 4) is 5.75 Å². The van der Waals surface area contributed by atoms with Crippen LogP contribution < -0.4 is 10.1 Å². The Kier molecular flexibility index (Phi) is 5.77. The lowest BCUT2D eigenvalue weighted by atomic mass is 9.83. The summed E-state index contributed by atoms with van der Waals surface area (Å²) in [6, 6.07) is 4.96. The first-order valence-corrected chi connectivity index (χ1v) is 10.2. The first-order chi connectivity index (χ1) is 13.2. The molecule has 1 fully saturated rings. The molecule has 6 nitrogen and oxygen atoms in total. The van der Waals surface area contributed by atoms with Gasteiger partial charge in [0.2, 0.25) is 11.8 Å². The molecule has 3 rings (SSSR count). The van der Waals surface area contributed by atoms with Crippen LogP contribution in [-0.4, -0.2) is 34.8 Å². The number of nitrogens with one attached hydrogen (secondary N) is 1. The first kappa shape index (κ1) is 20.4. The molecule has 3 amide bonds. The van der Waals surface area contributed by atoms with Crippen molar-refractivity contribution in [2.45, 2.75) is 78.5 Å². The maximum absolute atomic E-state index is 12.8. The van der Waals surface area contributed by atoms with E-state index in [9.17, 15) is 14.4 Å². The number of amides is 3. The molecule has 0 spiro atoms. The number of hydrogen-bond acceptors (Lipinski definition) is 4. The molecule has 1 aromatic rings. The summed E-state index contributed by atoms with van der Waals surface area (Å²) in [5, 5.41) is 2.33. The summed E-state index contributed by atoms with van der Waals surface area (Å²) in [7, 11) is 0. The number of carbonyl (C=O) groups excluding carboxylic acids is 3. The second kappa shape index (κ2) is 7.94. The molecular weight excluding hydrogens is 356 g/mol. The van der Waals surface area contributed by atoms with Crippen LogP contribution >= 0.6 is 0 Å². The van der Waals surface area contributed by atoms with Crippen LogP contribution in [0.25, 0.3) is 0 Å². The Morgan fingerprint density at radius 3 is 2.64 bits per heavy atom. The maximum atomic E-state index is 12.8. The zero-order valence-corrected chi connectivity index (χ0v) is 17.2. The normalized spacial score (nSPS) is 20.8. The molecule has 0 saturated carbocycles. The average molecular weight is 386 g/mol. The maximum Gasteiger partial charge on any atom is 0.255 e. The first-order valence-electron chi connectivity index (χ1n) is 10.2. The van der Waals surface area contributed by atoms with Gasteiger partial charge in [-0.2, -0.15) is 0 Å². The van der Waals surface area contributed by atoms with E-state index < -0.39 is 6.04 Å². The Morgan fingerprint density at radius 1 is 1.25 bits per heavy atom. The van der Waals surface area contributed by atoms with E-state index in [1.54, 1.807) is 11.0 Å². The molecule has 28 heavy (non-hydrogen) atoms. The van der Waals surface area contributed by atoms with E-state index in [4.69, 9.17) is 4.74 Å². The van der Waals surface area contributed by atoms with Gasteiger partial charge in [-0.1, -0.05) is 34.1 Å². The number of rotatable bonds is 7. The third kappa shape index (κ3) is 4.21. The van der Waals surface area contributed by atoms with E-state index in [0.29, 0.717) is 18.5 Å². The topological polar surface area (TPSA) is 75.7 Å². The van der Waals surface area contributed by atoms with Crippen LogP contribution in [0.1, 0.15) is 75.7 Å². The number of carbonyl (C=O) groups is 3. The Bertz CT molecular complexity index is 787. The number of piperidine rings is 1. The summed E-state index contributed by atoms with van der Waals surface area (Å²) in [5.41, 5.74) is 1.70. The molecule has 2 aliphatic rings. The molecule has 2 atom stereocenters. The van der Waals surface area contributed by atoms with Crippen molar-refractivity contribution in [2.24, 2.45) is 5.41 Å². The van der Waals surface area contributed by atoms with Crippen LogP contribution in [0.5, 0.6) is 5.75 Å². The predicted octanol–water partition coefficient (Wildman–Crippen LogP) is 3.43. The largest absolute Gasteiger partial charge is 0.490 e. The van der Waals surface area contributed by atoms with Gasteiger partial charge in [-0.25, -0.2) is 0 Å². The van der Waals surface area contributed by atoms with Crippen molar-refractivity contribution in [1.29, 1.82) is 0 Å². The molecule has 1 unspecified atom stereocenters. The molecule has 2 heterocycles. The van der Waals surface area contributed by atoms with Crippen molar-refractivity contribution in [2.75, 3.05) is 0 Å². The third-order valence-electron chi connectivity index (χ3n) is 5.99. The second-order valence-corrected chi connectivity index (χ2v) is 8.59. The summed E-state index contributed by atoms with van der Waals surface area (Å²) >= 11 is 0. The molecule has 6 heteroatoms. The number of benzene rings is 1. The van der Waals surface area contributed by atoms with Gasteiger partial charge in [0.05, 0.1) is 6.10 Å². The summed E-state index contributed by atoms with van der Waals surface area (Å²) in [6.07, 6.45) is 3.73. The van der Waals surface area contributed by atoms with Crippen molar-refractivity contribution in [1.82, 2.24) is 10.2 Å². The summed E-state index contributed by atoms with van der Waals surface area (Å²) in [5.74, 6) is -0.0611. The molecule has 152 valence electrons. The van der Waals surface area contributed by atoms with Crippen LogP contribution in [0.4, 0.5) is 0 Å². The van der Waals surface area contributed by atoms with Gasteiger partial charge in [-0.15, -0.1) is 0 Å². The molecule has 1 aromatic carbocycles. The molecular formula is C22H30N2O4. The molecule has 1 N–H and O–H groups in total. The van der Waals surface area contributed by atoms with Crippen molar-refractivity contribution < 1.29 is 19.1 Å². The average Bonchev–Trinajstić information content (AvgIpc) is 2.97. The zero-order valence-electron chi connectivity index (χ0n) is 17.2. The highest BCUT2D eigenvalue weighted by molar-refractivity contribution is 6.05. The molecule has 0 aromatic heterocycles. The quantitative estimate of drug-likeness (QED) is 0.729. The Hall–Kier alpha value is -2.37. The van der Waals surface area contributed by atoms with E-state index in [2.05, 4.69) is 33.0 Å². The third-order valence-corrected chi connectivity index (χ3v) is 5.99. The molecule has 1 saturated heterocycles.